The van der Waals surface area contributed by atoms with Gasteiger partial charge in [-0.15, -0.1) is 0 Å². The largest absolute Gasteiger partial charge is 0.494 e. The smallest absolute Gasteiger partial charge is 0.416 e. The number of rotatable bonds is 2. The molecule has 1 aliphatic heterocycles. The molecule has 31 heavy (non-hydrogen) atoms. The summed E-state index contributed by atoms with van der Waals surface area (Å²) in [5.41, 5.74) is 1.77. The van der Waals surface area contributed by atoms with Crippen LogP contribution in [0, 0.1) is 6.92 Å². The van der Waals surface area contributed by atoms with Crippen LogP contribution in [0.25, 0.3) is 27.8 Å². The van der Waals surface area contributed by atoms with Crippen molar-refractivity contribution in [2.75, 3.05) is 33.2 Å². The number of carbonyl (C=O) groups is 1. The van der Waals surface area contributed by atoms with Crippen molar-refractivity contribution in [1.82, 2.24) is 29.3 Å². The zero-order chi connectivity index (χ0) is 21.5. The van der Waals surface area contributed by atoms with Gasteiger partial charge in [-0.25, -0.2) is 19.3 Å². The second-order valence-corrected chi connectivity index (χ2v) is 7.69. The van der Waals surface area contributed by atoms with Gasteiger partial charge in [-0.05, 0) is 50.4 Å². The molecule has 158 valence electrons. The van der Waals surface area contributed by atoms with Crippen molar-refractivity contribution in [3.8, 4) is 17.6 Å². The van der Waals surface area contributed by atoms with E-state index in [2.05, 4.69) is 19.9 Å². The number of hydrogen-bond donors (Lipinski definition) is 1. The number of piperazine rings is 1. The molecule has 1 fully saturated rings. The average molecular weight is 418 g/mol. The second kappa shape index (κ2) is 7.51. The van der Waals surface area contributed by atoms with Gasteiger partial charge in [0.05, 0.1) is 5.39 Å². The first kappa shape index (κ1) is 19.3. The fourth-order valence-electron chi connectivity index (χ4n) is 3.73. The first-order chi connectivity index (χ1) is 15.0. The highest BCUT2D eigenvalue weighted by atomic mass is 16.6. The number of carbonyl (C=O) groups excluding carboxylic acids is 1. The molecule has 1 N–H and O–H groups in total. The van der Waals surface area contributed by atoms with Crippen LogP contribution < -0.4 is 4.74 Å². The van der Waals surface area contributed by atoms with Crippen molar-refractivity contribution in [1.29, 1.82) is 0 Å². The molecule has 0 aliphatic carbocycles. The van der Waals surface area contributed by atoms with Gasteiger partial charge in [-0.1, -0.05) is 0 Å². The summed E-state index contributed by atoms with van der Waals surface area (Å²) < 4.78 is 7.20. The topological polar surface area (TPSA) is 96.6 Å². The molecule has 4 aromatic heterocycles. The number of hydrogen-bond acceptors (Lipinski definition) is 7. The summed E-state index contributed by atoms with van der Waals surface area (Å²) >= 11 is 0. The quantitative estimate of drug-likeness (QED) is 0.535. The Morgan fingerprint density at radius 2 is 1.84 bits per heavy atom. The van der Waals surface area contributed by atoms with Gasteiger partial charge in [0, 0.05) is 43.5 Å². The Labute approximate surface area is 178 Å². The predicted octanol–water partition coefficient (Wildman–Crippen LogP) is 2.73. The van der Waals surface area contributed by atoms with Crippen molar-refractivity contribution >= 4 is 28.0 Å². The number of aromatic hydroxyl groups is 1. The summed E-state index contributed by atoms with van der Waals surface area (Å²) in [5.74, 6) is 0.433. The van der Waals surface area contributed by atoms with Crippen LogP contribution >= 0.6 is 0 Å². The van der Waals surface area contributed by atoms with Crippen LogP contribution in [0.5, 0.6) is 11.8 Å². The van der Waals surface area contributed by atoms with E-state index in [0.717, 1.165) is 24.2 Å². The number of amides is 1. The summed E-state index contributed by atoms with van der Waals surface area (Å²) in [6.45, 7) is 4.59. The van der Waals surface area contributed by atoms with Crippen LogP contribution in [0.4, 0.5) is 4.79 Å². The Kier molecular flexibility index (Phi) is 4.67. The van der Waals surface area contributed by atoms with Crippen LogP contribution in [0.2, 0.25) is 0 Å². The van der Waals surface area contributed by atoms with Crippen molar-refractivity contribution in [3.63, 3.8) is 0 Å². The van der Waals surface area contributed by atoms with Gasteiger partial charge in [-0.3, -0.25) is 4.98 Å². The summed E-state index contributed by atoms with van der Waals surface area (Å²) in [4.78, 5) is 30.1. The fraction of sp³-hybridized carbons (Fsp3) is 0.273. The number of nitrogens with zero attached hydrogens (tertiary/aromatic N) is 6. The van der Waals surface area contributed by atoms with Crippen molar-refractivity contribution < 1.29 is 14.6 Å². The lowest BCUT2D eigenvalue weighted by atomic mass is 10.2. The predicted molar refractivity (Wildman–Crippen MR) is 116 cm³/mol. The van der Waals surface area contributed by atoms with E-state index in [1.54, 1.807) is 29.3 Å². The third-order valence-corrected chi connectivity index (χ3v) is 5.52. The van der Waals surface area contributed by atoms with Crippen molar-refractivity contribution in [2.45, 2.75) is 6.92 Å². The minimum absolute atomic E-state index is 0.0937. The van der Waals surface area contributed by atoms with Gasteiger partial charge >= 0.3 is 6.09 Å². The van der Waals surface area contributed by atoms with Crippen LogP contribution in [0.1, 0.15) is 5.69 Å². The highest BCUT2D eigenvalue weighted by Crippen LogP contribution is 2.38. The molecule has 0 aromatic carbocycles. The Morgan fingerprint density at radius 1 is 1.06 bits per heavy atom. The molecule has 0 saturated carbocycles. The maximum absolute atomic E-state index is 12.9. The number of pyridine rings is 3. The van der Waals surface area contributed by atoms with Gasteiger partial charge in [0.15, 0.2) is 5.65 Å². The number of fused-ring (bicyclic) bond motifs is 2. The molecule has 0 radical (unpaired) electrons. The van der Waals surface area contributed by atoms with Crippen molar-refractivity contribution in [3.05, 3.63) is 48.3 Å². The van der Waals surface area contributed by atoms with E-state index in [1.165, 1.54) is 4.57 Å². The van der Waals surface area contributed by atoms with Gasteiger partial charge in [0.1, 0.15) is 11.3 Å². The zero-order valence-electron chi connectivity index (χ0n) is 17.3. The summed E-state index contributed by atoms with van der Waals surface area (Å²) in [5, 5.41) is 12.3. The van der Waals surface area contributed by atoms with Crippen LogP contribution in [-0.4, -0.2) is 73.7 Å². The van der Waals surface area contributed by atoms with Crippen molar-refractivity contribution in [2.24, 2.45) is 0 Å². The normalized spacial score (nSPS) is 15.0. The van der Waals surface area contributed by atoms with Gasteiger partial charge in [0.2, 0.25) is 11.8 Å². The molecule has 9 heteroatoms. The minimum atomic E-state index is -0.478. The van der Waals surface area contributed by atoms with E-state index < -0.39 is 6.09 Å². The molecule has 5 heterocycles. The SMILES string of the molecule is Cc1ccc2ccc(-n3c(O)c4cccnc4c3OC(=O)N3CCN(C)CC3)nc2n1. The molecule has 0 unspecified atom stereocenters. The molecule has 0 bridgehead atoms. The summed E-state index contributed by atoms with van der Waals surface area (Å²) in [6, 6.07) is 10.9. The lowest BCUT2D eigenvalue weighted by molar-refractivity contribution is 0.119. The molecule has 1 aliphatic rings. The molecule has 1 amide bonds. The highest BCUT2D eigenvalue weighted by Gasteiger charge is 2.27. The Morgan fingerprint density at radius 3 is 2.65 bits per heavy atom. The minimum Gasteiger partial charge on any atom is -0.494 e. The van der Waals surface area contributed by atoms with E-state index >= 15 is 0 Å². The van der Waals surface area contributed by atoms with Crippen LogP contribution in [0.3, 0.4) is 0 Å². The summed E-state index contributed by atoms with van der Waals surface area (Å²) in [7, 11) is 2.02. The lowest BCUT2D eigenvalue weighted by Crippen LogP contribution is -2.48. The van der Waals surface area contributed by atoms with E-state index in [0.29, 0.717) is 35.5 Å². The second-order valence-electron chi connectivity index (χ2n) is 7.69. The molecular formula is C22H22N6O3. The van der Waals surface area contributed by atoms with E-state index in [9.17, 15) is 9.90 Å². The molecule has 4 aromatic rings. The lowest BCUT2D eigenvalue weighted by Gasteiger charge is -2.31. The zero-order valence-corrected chi connectivity index (χ0v) is 17.3. The summed E-state index contributed by atoms with van der Waals surface area (Å²) in [6.07, 6.45) is 1.12. The van der Waals surface area contributed by atoms with E-state index in [4.69, 9.17) is 4.74 Å². The van der Waals surface area contributed by atoms with E-state index in [-0.39, 0.29) is 11.8 Å². The standard InChI is InChI=1S/C22H22N6O3/c1-14-5-6-15-7-8-17(25-19(15)24-14)28-20(29)16-4-3-9-23-18(16)21(28)31-22(30)27-12-10-26(2)11-13-27/h3-9,29H,10-13H2,1-2H3. The van der Waals surface area contributed by atoms with Gasteiger partial charge < -0.3 is 19.6 Å². The maximum atomic E-state index is 12.9. The highest BCUT2D eigenvalue weighted by molar-refractivity contribution is 5.92. The van der Waals surface area contributed by atoms with Crippen LogP contribution in [-0.2, 0) is 0 Å². The first-order valence-corrected chi connectivity index (χ1v) is 10.1. The Bertz CT molecular complexity index is 1290. The first-order valence-electron chi connectivity index (χ1n) is 10.1. The van der Waals surface area contributed by atoms with Gasteiger partial charge in [-0.2, -0.15) is 0 Å². The molecule has 5 rings (SSSR count). The number of likely N-dealkylation sites (N-methyl/N-ethyl adjacent to an activating group) is 1. The number of aromatic nitrogens is 4. The van der Waals surface area contributed by atoms with E-state index in [1.807, 2.05) is 32.2 Å². The monoisotopic (exact) mass is 418 g/mol. The third-order valence-electron chi connectivity index (χ3n) is 5.52. The number of aryl methyl sites for hydroxylation is 1. The molecule has 1 saturated heterocycles. The molecule has 0 spiro atoms. The Balaban J connectivity index is 1.61. The van der Waals surface area contributed by atoms with Gasteiger partial charge in [0.25, 0.3) is 0 Å². The van der Waals surface area contributed by atoms with Crippen LogP contribution in [0.15, 0.2) is 42.6 Å². The maximum Gasteiger partial charge on any atom is 0.416 e. The third kappa shape index (κ3) is 3.42. The number of ether oxygens (including phenoxy) is 1. The average Bonchev–Trinajstić information content (AvgIpc) is 3.05. The molecule has 0 atom stereocenters. The fourth-order valence-corrected chi connectivity index (χ4v) is 3.73. The Hall–Kier alpha value is -3.72. The molecule has 9 nitrogen and oxygen atoms in total. The molecular weight excluding hydrogens is 396 g/mol.